The number of nitrogens with zero attached hydrogens (tertiary/aromatic N) is 1. The molecule has 0 fully saturated rings. The zero-order chi connectivity index (χ0) is 15.2. The van der Waals surface area contributed by atoms with E-state index in [-0.39, 0.29) is 10.7 Å². The van der Waals surface area contributed by atoms with Gasteiger partial charge in [0.25, 0.3) is 5.69 Å². The summed E-state index contributed by atoms with van der Waals surface area (Å²) < 4.78 is 5.59. The van der Waals surface area contributed by atoms with E-state index >= 15 is 0 Å². The Balaban J connectivity index is 2.08. The van der Waals surface area contributed by atoms with Crippen molar-refractivity contribution in [1.82, 2.24) is 0 Å². The van der Waals surface area contributed by atoms with Crippen molar-refractivity contribution in [3.8, 4) is 17.6 Å². The van der Waals surface area contributed by atoms with Gasteiger partial charge in [-0.2, -0.15) is 0 Å². The van der Waals surface area contributed by atoms with Crippen molar-refractivity contribution in [3.63, 3.8) is 0 Å². The van der Waals surface area contributed by atoms with Gasteiger partial charge in [0.2, 0.25) is 0 Å². The number of thiophene rings is 1. The highest BCUT2D eigenvalue weighted by Gasteiger charge is 2.13. The van der Waals surface area contributed by atoms with Gasteiger partial charge >= 0.3 is 0 Å². The highest BCUT2D eigenvalue weighted by Crippen LogP contribution is 2.29. The number of nitro benzene ring substituents is 1. The van der Waals surface area contributed by atoms with Gasteiger partial charge in [0.15, 0.2) is 0 Å². The molecule has 0 atom stereocenters. The molecule has 1 heterocycles. The average molecular weight is 323 g/mol. The maximum atomic E-state index is 10.7. The van der Waals surface area contributed by atoms with Crippen molar-refractivity contribution in [1.29, 1.82) is 0 Å². The lowest BCUT2D eigenvalue weighted by molar-refractivity contribution is -0.384. The van der Waals surface area contributed by atoms with Crippen LogP contribution in [0.5, 0.6) is 5.75 Å². The van der Waals surface area contributed by atoms with Gasteiger partial charge in [0, 0.05) is 17.7 Å². The molecule has 2 N–H and O–H groups in total. The Labute approximate surface area is 130 Å². The third kappa shape index (κ3) is 3.95. The molecule has 108 valence electrons. The van der Waals surface area contributed by atoms with Crippen molar-refractivity contribution in [3.05, 3.63) is 55.2 Å². The van der Waals surface area contributed by atoms with Gasteiger partial charge in [0.05, 0.1) is 16.3 Å². The Kier molecular flexibility index (Phi) is 5.17. The largest absolute Gasteiger partial charge is 0.488 e. The second kappa shape index (κ2) is 7.09. The summed E-state index contributed by atoms with van der Waals surface area (Å²) in [4.78, 5) is 11.1. The molecule has 1 aromatic carbocycles. The quantitative estimate of drug-likeness (QED) is 0.532. The van der Waals surface area contributed by atoms with Crippen LogP contribution in [0.25, 0.3) is 0 Å². The standard InChI is InChI=1S/C14H11ClN2O3S/c15-12-8-11(3-4-13(12)17(18)19)20-9-14-10(2-1-6-16)5-7-21-14/h3-5,7-8H,6,9,16H2. The number of nitro groups is 1. The first kappa shape index (κ1) is 15.3. The fourth-order valence-corrected chi connectivity index (χ4v) is 2.57. The second-order valence-electron chi connectivity index (χ2n) is 3.92. The molecule has 0 amide bonds. The number of nitrogens with two attached hydrogens (primary N) is 1. The Morgan fingerprint density at radius 3 is 2.90 bits per heavy atom. The summed E-state index contributed by atoms with van der Waals surface area (Å²) in [6, 6.07) is 6.16. The molecule has 0 spiro atoms. The van der Waals surface area contributed by atoms with Gasteiger partial charge in [-0.1, -0.05) is 23.4 Å². The summed E-state index contributed by atoms with van der Waals surface area (Å²) in [6.07, 6.45) is 0. The predicted molar refractivity (Wildman–Crippen MR) is 82.7 cm³/mol. The molecule has 0 aliphatic carbocycles. The molecule has 1 aromatic heterocycles. The summed E-state index contributed by atoms with van der Waals surface area (Å²) >= 11 is 7.35. The van der Waals surface area contributed by atoms with Crippen LogP contribution in [0.15, 0.2) is 29.6 Å². The van der Waals surface area contributed by atoms with E-state index in [0.717, 1.165) is 10.4 Å². The van der Waals surface area contributed by atoms with E-state index in [1.807, 2.05) is 11.4 Å². The molecule has 5 nitrogen and oxygen atoms in total. The van der Waals surface area contributed by atoms with E-state index in [2.05, 4.69) is 11.8 Å². The normalized spacial score (nSPS) is 9.81. The summed E-state index contributed by atoms with van der Waals surface area (Å²) in [7, 11) is 0. The number of hydrogen-bond acceptors (Lipinski definition) is 5. The van der Waals surface area contributed by atoms with Crippen molar-refractivity contribution >= 4 is 28.6 Å². The topological polar surface area (TPSA) is 78.4 Å². The maximum Gasteiger partial charge on any atom is 0.288 e. The molecule has 0 aliphatic heterocycles. The first-order valence-corrected chi connectivity index (χ1v) is 7.19. The SMILES string of the molecule is NCC#Cc1ccsc1COc1ccc([N+](=O)[O-])c(Cl)c1. The van der Waals surface area contributed by atoms with Crippen LogP contribution in [0.1, 0.15) is 10.4 Å². The zero-order valence-corrected chi connectivity index (χ0v) is 12.4. The molecule has 2 aromatic rings. The van der Waals surface area contributed by atoms with Crippen LogP contribution in [-0.2, 0) is 6.61 Å². The van der Waals surface area contributed by atoms with Crippen LogP contribution in [0.4, 0.5) is 5.69 Å². The molecular weight excluding hydrogens is 312 g/mol. The van der Waals surface area contributed by atoms with Gasteiger partial charge in [-0.3, -0.25) is 10.1 Å². The Hall–Kier alpha value is -2.07. The third-order valence-electron chi connectivity index (χ3n) is 2.56. The molecule has 0 unspecified atom stereocenters. The van der Waals surface area contributed by atoms with Crippen LogP contribution in [0.3, 0.4) is 0 Å². The van der Waals surface area contributed by atoms with Crippen molar-refractivity contribution < 1.29 is 9.66 Å². The Bertz CT molecular complexity index is 718. The molecular formula is C14H11ClN2O3S. The van der Waals surface area contributed by atoms with Gasteiger partial charge < -0.3 is 10.5 Å². The van der Waals surface area contributed by atoms with E-state index in [1.54, 1.807) is 0 Å². The van der Waals surface area contributed by atoms with Crippen LogP contribution in [0.2, 0.25) is 5.02 Å². The van der Waals surface area contributed by atoms with Crippen LogP contribution in [-0.4, -0.2) is 11.5 Å². The minimum absolute atomic E-state index is 0.0480. The molecule has 0 aliphatic rings. The van der Waals surface area contributed by atoms with E-state index < -0.39 is 4.92 Å². The van der Waals surface area contributed by atoms with Gasteiger partial charge in [-0.05, 0) is 17.5 Å². The smallest absolute Gasteiger partial charge is 0.288 e. The first-order valence-electron chi connectivity index (χ1n) is 5.94. The van der Waals surface area contributed by atoms with Crippen LogP contribution in [0, 0.1) is 22.0 Å². The number of halogens is 1. The minimum atomic E-state index is -0.536. The third-order valence-corrected chi connectivity index (χ3v) is 3.75. The number of benzene rings is 1. The average Bonchev–Trinajstić information content (AvgIpc) is 2.90. The molecule has 7 heteroatoms. The molecule has 0 bridgehead atoms. The van der Waals surface area contributed by atoms with Crippen molar-refractivity contribution in [2.24, 2.45) is 5.73 Å². The highest BCUT2D eigenvalue weighted by molar-refractivity contribution is 7.10. The fraction of sp³-hybridized carbons (Fsp3) is 0.143. The molecule has 2 rings (SSSR count). The molecule has 21 heavy (non-hydrogen) atoms. The second-order valence-corrected chi connectivity index (χ2v) is 5.33. The molecule has 0 radical (unpaired) electrons. The van der Waals surface area contributed by atoms with Crippen LogP contribution < -0.4 is 10.5 Å². The lowest BCUT2D eigenvalue weighted by Gasteiger charge is -2.05. The summed E-state index contributed by atoms with van der Waals surface area (Å²) in [5.41, 5.74) is 6.07. The summed E-state index contributed by atoms with van der Waals surface area (Å²) in [5.74, 6) is 6.22. The van der Waals surface area contributed by atoms with E-state index in [9.17, 15) is 10.1 Å². The van der Waals surface area contributed by atoms with Gasteiger partial charge in [0.1, 0.15) is 17.4 Å². The predicted octanol–water partition coefficient (Wildman–Crippen LogP) is 3.20. The number of rotatable bonds is 4. The number of ether oxygens (including phenoxy) is 1. The van der Waals surface area contributed by atoms with Crippen LogP contribution >= 0.6 is 22.9 Å². The summed E-state index contributed by atoms with van der Waals surface area (Å²) in [6.45, 7) is 0.620. The van der Waals surface area contributed by atoms with E-state index in [0.29, 0.717) is 18.9 Å². The van der Waals surface area contributed by atoms with Crippen molar-refractivity contribution in [2.75, 3.05) is 6.54 Å². The van der Waals surface area contributed by atoms with E-state index in [1.165, 1.54) is 29.5 Å². The lowest BCUT2D eigenvalue weighted by Crippen LogP contribution is -1.97. The van der Waals surface area contributed by atoms with Gasteiger partial charge in [-0.15, -0.1) is 11.3 Å². The Morgan fingerprint density at radius 2 is 2.24 bits per heavy atom. The molecule has 0 saturated carbocycles. The van der Waals surface area contributed by atoms with Crippen molar-refractivity contribution in [2.45, 2.75) is 6.61 Å². The first-order chi connectivity index (χ1) is 10.1. The Morgan fingerprint density at radius 1 is 1.43 bits per heavy atom. The summed E-state index contributed by atoms with van der Waals surface area (Å²) in [5, 5.41) is 12.6. The van der Waals surface area contributed by atoms with Gasteiger partial charge in [-0.25, -0.2) is 0 Å². The maximum absolute atomic E-state index is 10.7. The molecule has 0 saturated heterocycles. The monoisotopic (exact) mass is 322 g/mol. The zero-order valence-electron chi connectivity index (χ0n) is 10.8. The highest BCUT2D eigenvalue weighted by atomic mass is 35.5. The lowest BCUT2D eigenvalue weighted by atomic mass is 10.2. The fourth-order valence-electron chi connectivity index (χ4n) is 1.58. The van der Waals surface area contributed by atoms with E-state index in [4.69, 9.17) is 22.1 Å². The minimum Gasteiger partial charge on any atom is -0.488 e. The number of hydrogen-bond donors (Lipinski definition) is 1.